The van der Waals surface area contributed by atoms with Crippen molar-refractivity contribution in [1.82, 2.24) is 5.32 Å². The number of carbonyl (C=O) groups excluding carboxylic acids is 1. The van der Waals surface area contributed by atoms with Gasteiger partial charge in [-0.15, -0.1) is 0 Å². The summed E-state index contributed by atoms with van der Waals surface area (Å²) in [5.74, 6) is 1.45. The van der Waals surface area contributed by atoms with Crippen LogP contribution in [0.2, 0.25) is 0 Å². The third-order valence-corrected chi connectivity index (χ3v) is 5.68. The SMILES string of the molecule is O=C(NCCCc1ccc(N2CCCCC2)cc1)c1ccc(Oc2ccccc2)cc1. The van der Waals surface area contributed by atoms with Gasteiger partial charge < -0.3 is 15.0 Å². The zero-order chi connectivity index (χ0) is 21.3. The molecule has 1 aliphatic rings. The number of nitrogens with one attached hydrogen (secondary N) is 1. The van der Waals surface area contributed by atoms with Crippen LogP contribution in [-0.2, 0) is 6.42 Å². The van der Waals surface area contributed by atoms with E-state index >= 15 is 0 Å². The number of nitrogens with zero attached hydrogens (tertiary/aromatic N) is 1. The lowest BCUT2D eigenvalue weighted by Gasteiger charge is -2.28. The molecule has 0 bridgehead atoms. The van der Waals surface area contributed by atoms with Gasteiger partial charge in [-0.1, -0.05) is 30.3 Å². The van der Waals surface area contributed by atoms with Crippen LogP contribution in [0.3, 0.4) is 0 Å². The normalized spacial score (nSPS) is 13.6. The lowest BCUT2D eigenvalue weighted by atomic mass is 10.1. The maximum Gasteiger partial charge on any atom is 0.251 e. The Morgan fingerprint density at radius 1 is 0.806 bits per heavy atom. The third-order valence-electron chi connectivity index (χ3n) is 5.68. The third kappa shape index (κ3) is 6.11. The molecule has 0 radical (unpaired) electrons. The van der Waals surface area contributed by atoms with Crippen LogP contribution in [0.15, 0.2) is 78.9 Å². The molecule has 0 spiro atoms. The summed E-state index contributed by atoms with van der Waals surface area (Å²) in [5.41, 5.74) is 3.29. The molecule has 3 aromatic carbocycles. The van der Waals surface area contributed by atoms with Gasteiger partial charge in [0.15, 0.2) is 0 Å². The van der Waals surface area contributed by atoms with Crippen LogP contribution in [0.4, 0.5) is 5.69 Å². The lowest BCUT2D eigenvalue weighted by molar-refractivity contribution is 0.0953. The molecule has 1 fully saturated rings. The van der Waals surface area contributed by atoms with E-state index < -0.39 is 0 Å². The summed E-state index contributed by atoms with van der Waals surface area (Å²) >= 11 is 0. The minimum absolute atomic E-state index is 0.0493. The first-order valence-electron chi connectivity index (χ1n) is 11.2. The zero-order valence-electron chi connectivity index (χ0n) is 17.9. The van der Waals surface area contributed by atoms with Crippen LogP contribution >= 0.6 is 0 Å². The Hall–Kier alpha value is -3.27. The van der Waals surface area contributed by atoms with Crippen molar-refractivity contribution in [2.45, 2.75) is 32.1 Å². The summed E-state index contributed by atoms with van der Waals surface area (Å²) in [5, 5.41) is 3.01. The van der Waals surface area contributed by atoms with Gasteiger partial charge in [0.25, 0.3) is 5.91 Å². The van der Waals surface area contributed by atoms with E-state index in [2.05, 4.69) is 34.5 Å². The maximum absolute atomic E-state index is 12.4. The van der Waals surface area contributed by atoms with Crippen molar-refractivity contribution < 1.29 is 9.53 Å². The van der Waals surface area contributed by atoms with Crippen LogP contribution in [0.5, 0.6) is 11.5 Å². The topological polar surface area (TPSA) is 41.6 Å². The molecule has 1 heterocycles. The van der Waals surface area contributed by atoms with Crippen LogP contribution in [0.1, 0.15) is 41.6 Å². The fourth-order valence-electron chi connectivity index (χ4n) is 3.92. The van der Waals surface area contributed by atoms with Crippen LogP contribution in [0.25, 0.3) is 0 Å². The van der Waals surface area contributed by atoms with E-state index in [1.165, 1.54) is 43.6 Å². The molecule has 3 aromatic rings. The number of aryl methyl sites for hydroxylation is 1. The number of anilines is 1. The van der Waals surface area contributed by atoms with E-state index in [1.807, 2.05) is 42.5 Å². The average Bonchev–Trinajstić information content (AvgIpc) is 2.84. The quantitative estimate of drug-likeness (QED) is 0.471. The molecule has 1 amide bonds. The molecule has 1 saturated heterocycles. The molecule has 160 valence electrons. The van der Waals surface area contributed by atoms with Crippen LogP contribution in [0, 0.1) is 0 Å². The first-order chi connectivity index (χ1) is 15.3. The summed E-state index contributed by atoms with van der Waals surface area (Å²) in [6, 6.07) is 25.8. The van der Waals surface area contributed by atoms with Crippen molar-refractivity contribution in [1.29, 1.82) is 0 Å². The number of para-hydroxylation sites is 1. The monoisotopic (exact) mass is 414 g/mol. The van der Waals surface area contributed by atoms with E-state index in [4.69, 9.17) is 4.74 Å². The van der Waals surface area contributed by atoms with Gasteiger partial charge in [-0.25, -0.2) is 0 Å². The number of hydrogen-bond acceptors (Lipinski definition) is 3. The molecule has 0 aromatic heterocycles. The second-order valence-electron chi connectivity index (χ2n) is 8.01. The van der Waals surface area contributed by atoms with Crippen molar-refractivity contribution in [3.63, 3.8) is 0 Å². The van der Waals surface area contributed by atoms with E-state index in [-0.39, 0.29) is 5.91 Å². The summed E-state index contributed by atoms with van der Waals surface area (Å²) < 4.78 is 5.77. The molecular formula is C27H30N2O2. The lowest BCUT2D eigenvalue weighted by Crippen LogP contribution is -2.29. The molecule has 0 atom stereocenters. The van der Waals surface area contributed by atoms with Gasteiger partial charge >= 0.3 is 0 Å². The minimum Gasteiger partial charge on any atom is -0.457 e. The molecular weight excluding hydrogens is 384 g/mol. The number of rotatable bonds is 8. The number of amides is 1. The predicted molar refractivity (Wildman–Crippen MR) is 126 cm³/mol. The summed E-state index contributed by atoms with van der Waals surface area (Å²) in [6.45, 7) is 3.00. The van der Waals surface area contributed by atoms with E-state index in [0.29, 0.717) is 12.1 Å². The maximum atomic E-state index is 12.4. The second-order valence-corrected chi connectivity index (χ2v) is 8.01. The van der Waals surface area contributed by atoms with E-state index in [0.717, 1.165) is 24.3 Å². The molecule has 1 aliphatic heterocycles. The van der Waals surface area contributed by atoms with Gasteiger partial charge in [-0.05, 0) is 86.2 Å². The molecule has 0 aliphatic carbocycles. The standard InChI is InChI=1S/C27H30N2O2/c30-27(23-13-17-26(18-14-23)31-25-9-3-1-4-10-25)28-19-7-8-22-11-15-24(16-12-22)29-20-5-2-6-21-29/h1,3-4,9-18H,2,5-8,19-21H2,(H,28,30). The van der Waals surface area contributed by atoms with Crippen LogP contribution in [-0.4, -0.2) is 25.5 Å². The van der Waals surface area contributed by atoms with E-state index in [1.54, 1.807) is 12.1 Å². The number of benzene rings is 3. The highest BCUT2D eigenvalue weighted by Crippen LogP contribution is 2.22. The summed E-state index contributed by atoms with van der Waals surface area (Å²) in [7, 11) is 0. The van der Waals surface area contributed by atoms with Crippen molar-refractivity contribution >= 4 is 11.6 Å². The fourth-order valence-corrected chi connectivity index (χ4v) is 3.92. The van der Waals surface area contributed by atoms with Crippen molar-refractivity contribution in [3.8, 4) is 11.5 Å². The largest absolute Gasteiger partial charge is 0.457 e. The van der Waals surface area contributed by atoms with Crippen molar-refractivity contribution in [2.24, 2.45) is 0 Å². The molecule has 4 rings (SSSR count). The molecule has 0 unspecified atom stereocenters. The fraction of sp³-hybridized carbons (Fsp3) is 0.296. The van der Waals surface area contributed by atoms with Gasteiger partial charge in [0.2, 0.25) is 0 Å². The van der Waals surface area contributed by atoms with Gasteiger partial charge in [0, 0.05) is 30.9 Å². The zero-order valence-corrected chi connectivity index (χ0v) is 17.9. The van der Waals surface area contributed by atoms with Crippen LogP contribution < -0.4 is 15.0 Å². The predicted octanol–water partition coefficient (Wildman–Crippen LogP) is 5.83. The number of hydrogen-bond donors (Lipinski definition) is 1. The molecule has 4 heteroatoms. The van der Waals surface area contributed by atoms with Gasteiger partial charge in [-0.3, -0.25) is 4.79 Å². The molecule has 4 nitrogen and oxygen atoms in total. The Kier molecular flexibility index (Phi) is 7.22. The highest BCUT2D eigenvalue weighted by molar-refractivity contribution is 5.94. The van der Waals surface area contributed by atoms with Gasteiger partial charge in [0.1, 0.15) is 11.5 Å². The van der Waals surface area contributed by atoms with Crippen molar-refractivity contribution in [3.05, 3.63) is 90.0 Å². The molecule has 0 saturated carbocycles. The Balaban J connectivity index is 1.19. The Morgan fingerprint density at radius 3 is 2.19 bits per heavy atom. The average molecular weight is 415 g/mol. The number of piperidine rings is 1. The first kappa shape index (κ1) is 21.0. The summed E-state index contributed by atoms with van der Waals surface area (Å²) in [4.78, 5) is 14.9. The Morgan fingerprint density at radius 2 is 1.48 bits per heavy atom. The van der Waals surface area contributed by atoms with E-state index in [9.17, 15) is 4.79 Å². The number of ether oxygens (including phenoxy) is 1. The minimum atomic E-state index is -0.0493. The highest BCUT2D eigenvalue weighted by Gasteiger charge is 2.10. The van der Waals surface area contributed by atoms with Crippen molar-refractivity contribution in [2.75, 3.05) is 24.5 Å². The number of carbonyl (C=O) groups is 1. The Bertz CT molecular complexity index is 947. The molecule has 1 N–H and O–H groups in total. The smallest absolute Gasteiger partial charge is 0.251 e. The molecule has 31 heavy (non-hydrogen) atoms. The first-order valence-corrected chi connectivity index (χ1v) is 11.2. The second kappa shape index (κ2) is 10.7. The highest BCUT2D eigenvalue weighted by atomic mass is 16.5. The van der Waals surface area contributed by atoms with Gasteiger partial charge in [-0.2, -0.15) is 0 Å². The Labute approximate surface area is 184 Å². The van der Waals surface area contributed by atoms with Gasteiger partial charge in [0.05, 0.1) is 0 Å². The summed E-state index contributed by atoms with van der Waals surface area (Å²) in [6.07, 6.45) is 5.83.